The highest BCUT2D eigenvalue weighted by molar-refractivity contribution is 5.73. The Morgan fingerprint density at radius 3 is 2.52 bits per heavy atom. The molecule has 2 heterocycles. The van der Waals surface area contributed by atoms with Crippen LogP contribution >= 0.6 is 0 Å². The molecule has 1 aromatic carbocycles. The van der Waals surface area contributed by atoms with E-state index in [4.69, 9.17) is 4.74 Å². The highest BCUT2D eigenvalue weighted by atomic mass is 19.4. The second kappa shape index (κ2) is 6.30. The van der Waals surface area contributed by atoms with E-state index in [0.29, 0.717) is 30.6 Å². The molecule has 5 rings (SSSR count). The Kier molecular flexibility index (Phi) is 4.05. The van der Waals surface area contributed by atoms with Gasteiger partial charge in [-0.15, -0.1) is 10.2 Å². The standard InChI is InChI=1S/C20H20F3N3O3/c21-20(22,23)10-1-2-11(16(28)7-10)17-12-8-19(5-6-19)29-9-13(12)18(26-25-17)24-14-3-4-15(14)27/h1-2,7,14-15,27-28H,3-6,8-9H2,(H,24,26)/t14-,15-/m1/s1. The molecule has 2 aliphatic carbocycles. The molecule has 0 unspecified atom stereocenters. The van der Waals surface area contributed by atoms with Crippen molar-refractivity contribution in [3.05, 3.63) is 34.9 Å². The van der Waals surface area contributed by atoms with E-state index in [-0.39, 0.29) is 17.2 Å². The molecule has 1 spiro atoms. The van der Waals surface area contributed by atoms with E-state index in [9.17, 15) is 23.4 Å². The van der Waals surface area contributed by atoms with Gasteiger partial charge in [-0.3, -0.25) is 0 Å². The van der Waals surface area contributed by atoms with Gasteiger partial charge in [0.1, 0.15) is 11.4 Å². The van der Waals surface area contributed by atoms with E-state index < -0.39 is 23.6 Å². The SMILES string of the molecule is Oc1cc(C(F)(F)F)ccc1-c1nnc(N[C@@H]2CC[C@H]2O)c2c1CC1(CC1)OC2. The van der Waals surface area contributed by atoms with Crippen molar-refractivity contribution in [3.63, 3.8) is 0 Å². The molecule has 0 amide bonds. The molecule has 3 N–H and O–H groups in total. The number of alkyl halides is 3. The van der Waals surface area contributed by atoms with Gasteiger partial charge in [0.05, 0.1) is 29.9 Å². The summed E-state index contributed by atoms with van der Waals surface area (Å²) >= 11 is 0. The number of aliphatic hydroxyl groups is 1. The second-order valence-corrected chi connectivity index (χ2v) is 8.13. The summed E-state index contributed by atoms with van der Waals surface area (Å²) in [6, 6.07) is 2.79. The van der Waals surface area contributed by atoms with Crippen molar-refractivity contribution in [2.75, 3.05) is 5.32 Å². The molecule has 0 saturated heterocycles. The number of hydrogen-bond acceptors (Lipinski definition) is 6. The fraction of sp³-hybridized carbons (Fsp3) is 0.500. The first kappa shape index (κ1) is 18.6. The van der Waals surface area contributed by atoms with Gasteiger partial charge >= 0.3 is 6.18 Å². The van der Waals surface area contributed by atoms with Crippen LogP contribution in [0.25, 0.3) is 11.3 Å². The molecular formula is C20H20F3N3O3. The van der Waals surface area contributed by atoms with Crippen LogP contribution in [0.15, 0.2) is 18.2 Å². The molecule has 29 heavy (non-hydrogen) atoms. The number of phenols is 1. The number of hydrogen-bond donors (Lipinski definition) is 3. The van der Waals surface area contributed by atoms with Gasteiger partial charge in [0.2, 0.25) is 0 Å². The minimum absolute atomic E-state index is 0.101. The van der Waals surface area contributed by atoms with Gasteiger partial charge in [0.15, 0.2) is 5.82 Å². The molecule has 2 aromatic rings. The van der Waals surface area contributed by atoms with Crippen molar-refractivity contribution in [3.8, 4) is 17.0 Å². The molecule has 9 heteroatoms. The quantitative estimate of drug-likeness (QED) is 0.723. The summed E-state index contributed by atoms with van der Waals surface area (Å²) in [4.78, 5) is 0. The number of phenolic OH excluding ortho intramolecular Hbond substituents is 1. The smallest absolute Gasteiger partial charge is 0.416 e. The average Bonchev–Trinajstić information content (AvgIpc) is 3.42. The van der Waals surface area contributed by atoms with Crippen molar-refractivity contribution >= 4 is 5.82 Å². The van der Waals surface area contributed by atoms with E-state index in [0.717, 1.165) is 42.9 Å². The number of aromatic hydroxyl groups is 1. The number of nitrogens with one attached hydrogen (secondary N) is 1. The van der Waals surface area contributed by atoms with Crippen LogP contribution in [0, 0.1) is 0 Å². The summed E-state index contributed by atoms with van der Waals surface area (Å²) < 4.78 is 44.8. The van der Waals surface area contributed by atoms with Gasteiger partial charge in [-0.2, -0.15) is 13.2 Å². The first-order valence-electron chi connectivity index (χ1n) is 9.63. The summed E-state index contributed by atoms with van der Waals surface area (Å²) in [5.41, 5.74) is 1.04. The number of halogens is 3. The van der Waals surface area contributed by atoms with Crippen LogP contribution in [0.5, 0.6) is 5.75 Å². The van der Waals surface area contributed by atoms with E-state index in [1.54, 1.807) is 0 Å². The van der Waals surface area contributed by atoms with E-state index >= 15 is 0 Å². The molecular weight excluding hydrogens is 387 g/mol. The molecule has 1 aromatic heterocycles. The minimum Gasteiger partial charge on any atom is -0.507 e. The fourth-order valence-electron chi connectivity index (χ4n) is 3.98. The zero-order chi connectivity index (χ0) is 20.4. The van der Waals surface area contributed by atoms with Gasteiger partial charge in [0.25, 0.3) is 0 Å². The second-order valence-electron chi connectivity index (χ2n) is 8.13. The topological polar surface area (TPSA) is 87.5 Å². The lowest BCUT2D eigenvalue weighted by molar-refractivity contribution is -0.137. The van der Waals surface area contributed by atoms with E-state index in [1.807, 2.05) is 0 Å². The third kappa shape index (κ3) is 3.22. The number of fused-ring (bicyclic) bond motifs is 1. The van der Waals surface area contributed by atoms with Gasteiger partial charge < -0.3 is 20.3 Å². The van der Waals surface area contributed by atoms with Crippen molar-refractivity contribution < 1.29 is 28.1 Å². The van der Waals surface area contributed by atoms with Crippen LogP contribution in [-0.4, -0.2) is 38.2 Å². The highest BCUT2D eigenvalue weighted by Crippen LogP contribution is 2.49. The number of ether oxygens (including phenoxy) is 1. The van der Waals surface area contributed by atoms with Gasteiger partial charge in [-0.25, -0.2) is 0 Å². The van der Waals surface area contributed by atoms with Crippen molar-refractivity contribution in [1.29, 1.82) is 0 Å². The van der Waals surface area contributed by atoms with Crippen LogP contribution in [0.3, 0.4) is 0 Å². The van der Waals surface area contributed by atoms with E-state index in [1.165, 1.54) is 6.07 Å². The summed E-state index contributed by atoms with van der Waals surface area (Å²) in [5, 5.41) is 31.8. The van der Waals surface area contributed by atoms with Crippen LogP contribution < -0.4 is 5.32 Å². The fourth-order valence-corrected chi connectivity index (χ4v) is 3.98. The van der Waals surface area contributed by atoms with Crippen molar-refractivity contribution in [2.24, 2.45) is 0 Å². The third-order valence-corrected chi connectivity index (χ3v) is 6.16. The Balaban J connectivity index is 1.57. The highest BCUT2D eigenvalue weighted by Gasteiger charge is 2.48. The summed E-state index contributed by atoms with van der Waals surface area (Å²) in [6.07, 6.45) is -1.03. The Morgan fingerprint density at radius 1 is 1.14 bits per heavy atom. The summed E-state index contributed by atoms with van der Waals surface area (Å²) in [6.45, 7) is 0.310. The molecule has 2 saturated carbocycles. The molecule has 0 bridgehead atoms. The number of benzene rings is 1. The summed E-state index contributed by atoms with van der Waals surface area (Å²) in [5.74, 6) is 0.0391. The molecule has 154 valence electrons. The van der Waals surface area contributed by atoms with Crippen molar-refractivity contribution in [1.82, 2.24) is 10.2 Å². The molecule has 2 atom stereocenters. The maximum Gasteiger partial charge on any atom is 0.416 e. The van der Waals surface area contributed by atoms with Crippen molar-refractivity contribution in [2.45, 2.75) is 62.6 Å². The molecule has 2 fully saturated rings. The van der Waals surface area contributed by atoms with Gasteiger partial charge in [0, 0.05) is 17.5 Å². The number of aliphatic hydroxyl groups excluding tert-OH is 1. The lowest BCUT2D eigenvalue weighted by atomic mass is 9.88. The Morgan fingerprint density at radius 2 is 1.93 bits per heavy atom. The lowest BCUT2D eigenvalue weighted by Crippen LogP contribution is -2.43. The first-order chi connectivity index (χ1) is 13.8. The molecule has 0 radical (unpaired) electrons. The third-order valence-electron chi connectivity index (χ3n) is 6.16. The maximum absolute atomic E-state index is 12.9. The number of anilines is 1. The number of nitrogens with zero attached hydrogens (tertiary/aromatic N) is 2. The molecule has 1 aliphatic heterocycles. The normalized spacial score (nSPS) is 24.7. The number of aromatic nitrogens is 2. The van der Waals surface area contributed by atoms with Gasteiger partial charge in [-0.05, 0) is 49.4 Å². The zero-order valence-electron chi connectivity index (χ0n) is 15.5. The number of rotatable bonds is 3. The Bertz CT molecular complexity index is 975. The predicted octanol–water partition coefficient (Wildman–Crippen LogP) is 3.41. The predicted molar refractivity (Wildman–Crippen MR) is 97.2 cm³/mol. The van der Waals surface area contributed by atoms with Crippen LogP contribution in [0.4, 0.5) is 19.0 Å². The lowest BCUT2D eigenvalue weighted by Gasteiger charge is -2.35. The van der Waals surface area contributed by atoms with Crippen LogP contribution in [-0.2, 0) is 23.9 Å². The summed E-state index contributed by atoms with van der Waals surface area (Å²) in [7, 11) is 0. The van der Waals surface area contributed by atoms with Crippen LogP contribution in [0.1, 0.15) is 42.4 Å². The largest absolute Gasteiger partial charge is 0.507 e. The Hall–Kier alpha value is -2.39. The zero-order valence-corrected chi connectivity index (χ0v) is 15.5. The monoisotopic (exact) mass is 407 g/mol. The van der Waals surface area contributed by atoms with E-state index in [2.05, 4.69) is 15.5 Å². The average molecular weight is 407 g/mol. The van der Waals surface area contributed by atoms with Crippen LogP contribution in [0.2, 0.25) is 0 Å². The van der Waals surface area contributed by atoms with Gasteiger partial charge in [-0.1, -0.05) is 0 Å². The first-order valence-corrected chi connectivity index (χ1v) is 9.63. The Labute approximate surface area is 164 Å². The molecule has 6 nitrogen and oxygen atoms in total. The molecule has 3 aliphatic rings. The maximum atomic E-state index is 12.9. The minimum atomic E-state index is -4.54.